The first-order valence-electron chi connectivity index (χ1n) is 7.61. The Bertz CT molecular complexity index is 614. The van der Waals surface area contributed by atoms with E-state index in [1.165, 1.54) is 0 Å². The van der Waals surface area contributed by atoms with E-state index in [2.05, 4.69) is 15.0 Å². The van der Waals surface area contributed by atoms with Crippen LogP contribution >= 0.6 is 0 Å². The molecule has 1 atom stereocenters. The third kappa shape index (κ3) is 3.87. The van der Waals surface area contributed by atoms with Gasteiger partial charge < -0.3 is 18.7 Å². The van der Waals surface area contributed by atoms with Gasteiger partial charge >= 0.3 is 0 Å². The highest BCUT2D eigenvalue weighted by Gasteiger charge is 2.26. The molecule has 1 aromatic heterocycles. The van der Waals surface area contributed by atoms with Gasteiger partial charge in [0.25, 0.3) is 5.89 Å². The molecular weight excluding hydrogens is 298 g/mol. The summed E-state index contributed by atoms with van der Waals surface area (Å²) in [5, 5.41) is 4.07. The lowest BCUT2D eigenvalue weighted by atomic mass is 10.2. The highest BCUT2D eigenvalue weighted by Crippen LogP contribution is 2.24. The molecule has 0 amide bonds. The van der Waals surface area contributed by atoms with Crippen molar-refractivity contribution in [2.45, 2.75) is 6.10 Å². The Hall–Kier alpha value is -1.96. The minimum Gasteiger partial charge on any atom is -0.497 e. The van der Waals surface area contributed by atoms with Gasteiger partial charge in [-0.15, -0.1) is 0 Å². The molecule has 1 aromatic carbocycles. The number of ether oxygens (including phenoxy) is 3. The highest BCUT2D eigenvalue weighted by atomic mass is 16.5. The molecule has 3 rings (SSSR count). The van der Waals surface area contributed by atoms with Crippen molar-refractivity contribution in [3.63, 3.8) is 0 Å². The van der Waals surface area contributed by atoms with Gasteiger partial charge in [0.05, 0.1) is 20.3 Å². The quantitative estimate of drug-likeness (QED) is 0.803. The molecule has 1 saturated heterocycles. The molecule has 0 unspecified atom stereocenters. The molecule has 2 heterocycles. The van der Waals surface area contributed by atoms with E-state index < -0.39 is 0 Å². The Morgan fingerprint density at radius 2 is 2.09 bits per heavy atom. The number of methoxy groups -OCH3 is 2. The van der Waals surface area contributed by atoms with Crippen LogP contribution in [-0.4, -0.2) is 62.1 Å². The predicted octanol–water partition coefficient (Wildman–Crippen LogP) is 1.76. The fourth-order valence-corrected chi connectivity index (χ4v) is 2.50. The topological polar surface area (TPSA) is 69.9 Å². The van der Waals surface area contributed by atoms with Crippen LogP contribution < -0.4 is 4.74 Å². The maximum Gasteiger partial charge on any atom is 0.258 e. The first-order valence-corrected chi connectivity index (χ1v) is 7.61. The minimum atomic E-state index is -0.170. The lowest BCUT2D eigenvalue weighted by Gasteiger charge is -2.30. The molecule has 1 fully saturated rings. The monoisotopic (exact) mass is 319 g/mol. The number of aromatic nitrogens is 2. The molecule has 0 saturated carbocycles. The summed E-state index contributed by atoms with van der Waals surface area (Å²) in [6, 6.07) is 7.51. The third-order valence-corrected chi connectivity index (χ3v) is 3.83. The molecule has 2 aromatic rings. The van der Waals surface area contributed by atoms with Crippen LogP contribution in [0.1, 0.15) is 11.9 Å². The number of benzene rings is 1. The van der Waals surface area contributed by atoms with Crippen molar-refractivity contribution in [1.29, 1.82) is 0 Å². The SMILES string of the molecule is COCCN1CCO[C@H](c2noc(-c3ccc(OC)cc3)n2)C1. The summed E-state index contributed by atoms with van der Waals surface area (Å²) in [7, 11) is 3.34. The molecule has 1 aliphatic rings. The maximum atomic E-state index is 5.77. The maximum absolute atomic E-state index is 5.77. The van der Waals surface area contributed by atoms with Crippen molar-refractivity contribution in [2.75, 3.05) is 47.1 Å². The van der Waals surface area contributed by atoms with E-state index >= 15 is 0 Å². The average molecular weight is 319 g/mol. The van der Waals surface area contributed by atoms with Crippen molar-refractivity contribution < 1.29 is 18.7 Å². The molecule has 0 spiro atoms. The van der Waals surface area contributed by atoms with Crippen molar-refractivity contribution in [2.24, 2.45) is 0 Å². The first-order chi connectivity index (χ1) is 11.3. The fourth-order valence-electron chi connectivity index (χ4n) is 2.50. The van der Waals surface area contributed by atoms with Crippen LogP contribution in [0.25, 0.3) is 11.5 Å². The Kier molecular flexibility index (Phi) is 5.22. The second-order valence-electron chi connectivity index (χ2n) is 5.34. The number of hydrogen-bond acceptors (Lipinski definition) is 7. The van der Waals surface area contributed by atoms with Gasteiger partial charge in [0.2, 0.25) is 5.82 Å². The minimum absolute atomic E-state index is 0.170. The summed E-state index contributed by atoms with van der Waals surface area (Å²) in [5.41, 5.74) is 0.858. The summed E-state index contributed by atoms with van der Waals surface area (Å²) in [4.78, 5) is 6.75. The highest BCUT2D eigenvalue weighted by molar-refractivity contribution is 5.54. The lowest BCUT2D eigenvalue weighted by molar-refractivity contribution is -0.0404. The summed E-state index contributed by atoms with van der Waals surface area (Å²) in [6.07, 6.45) is -0.170. The summed E-state index contributed by atoms with van der Waals surface area (Å²) in [5.74, 6) is 1.86. The van der Waals surface area contributed by atoms with Gasteiger partial charge in [-0.3, -0.25) is 4.90 Å². The molecular formula is C16H21N3O4. The zero-order chi connectivity index (χ0) is 16.1. The van der Waals surface area contributed by atoms with Crippen LogP contribution in [0.2, 0.25) is 0 Å². The molecule has 124 valence electrons. The molecule has 1 aliphatic heterocycles. The molecule has 0 aliphatic carbocycles. The number of rotatable bonds is 6. The van der Waals surface area contributed by atoms with Crippen LogP contribution in [0.15, 0.2) is 28.8 Å². The zero-order valence-corrected chi connectivity index (χ0v) is 13.4. The lowest BCUT2D eigenvalue weighted by Crippen LogP contribution is -2.40. The van der Waals surface area contributed by atoms with Crippen LogP contribution in [0.3, 0.4) is 0 Å². The first kappa shape index (κ1) is 15.9. The van der Waals surface area contributed by atoms with Gasteiger partial charge in [-0.25, -0.2) is 0 Å². The third-order valence-electron chi connectivity index (χ3n) is 3.83. The van der Waals surface area contributed by atoms with E-state index in [1.54, 1.807) is 14.2 Å². The standard InChI is InChI=1S/C16H21N3O4/c1-20-9-7-19-8-10-22-14(11-19)15-17-16(23-18-15)12-3-5-13(21-2)6-4-12/h3-6,14H,7-11H2,1-2H3/t14-/m0/s1. The molecule has 7 nitrogen and oxygen atoms in total. The molecule has 0 N–H and O–H groups in total. The molecule has 0 bridgehead atoms. The number of hydrogen-bond donors (Lipinski definition) is 0. The average Bonchev–Trinajstić information content (AvgIpc) is 3.10. The Morgan fingerprint density at radius 3 is 2.83 bits per heavy atom. The Morgan fingerprint density at radius 1 is 1.26 bits per heavy atom. The van der Waals surface area contributed by atoms with E-state index in [1.807, 2.05) is 24.3 Å². The Balaban J connectivity index is 1.68. The summed E-state index contributed by atoms with van der Waals surface area (Å²) < 4.78 is 21.4. The summed E-state index contributed by atoms with van der Waals surface area (Å²) in [6.45, 7) is 3.87. The van der Waals surface area contributed by atoms with Crippen molar-refractivity contribution >= 4 is 0 Å². The molecule has 23 heavy (non-hydrogen) atoms. The van der Waals surface area contributed by atoms with E-state index in [0.29, 0.717) is 24.9 Å². The van der Waals surface area contributed by atoms with Crippen molar-refractivity contribution in [3.8, 4) is 17.2 Å². The zero-order valence-electron chi connectivity index (χ0n) is 13.4. The van der Waals surface area contributed by atoms with E-state index in [0.717, 1.165) is 30.9 Å². The van der Waals surface area contributed by atoms with E-state index in [4.69, 9.17) is 18.7 Å². The summed E-state index contributed by atoms with van der Waals surface area (Å²) >= 11 is 0. The molecule has 0 radical (unpaired) electrons. The van der Waals surface area contributed by atoms with Gasteiger partial charge in [-0.05, 0) is 24.3 Å². The fraction of sp³-hybridized carbons (Fsp3) is 0.500. The van der Waals surface area contributed by atoms with Gasteiger partial charge in [0, 0.05) is 32.3 Å². The van der Waals surface area contributed by atoms with Gasteiger partial charge in [-0.1, -0.05) is 5.16 Å². The van der Waals surface area contributed by atoms with E-state index in [9.17, 15) is 0 Å². The van der Waals surface area contributed by atoms with Gasteiger partial charge in [-0.2, -0.15) is 4.98 Å². The number of nitrogens with zero attached hydrogens (tertiary/aromatic N) is 3. The van der Waals surface area contributed by atoms with Crippen molar-refractivity contribution in [1.82, 2.24) is 15.0 Å². The second-order valence-corrected chi connectivity index (χ2v) is 5.34. The van der Waals surface area contributed by atoms with Gasteiger partial charge in [0.1, 0.15) is 11.9 Å². The van der Waals surface area contributed by atoms with Crippen molar-refractivity contribution in [3.05, 3.63) is 30.1 Å². The smallest absolute Gasteiger partial charge is 0.258 e. The molecule has 7 heteroatoms. The van der Waals surface area contributed by atoms with E-state index in [-0.39, 0.29) is 6.10 Å². The second kappa shape index (κ2) is 7.54. The number of morpholine rings is 1. The largest absolute Gasteiger partial charge is 0.497 e. The van der Waals surface area contributed by atoms with Crippen LogP contribution in [0.5, 0.6) is 5.75 Å². The van der Waals surface area contributed by atoms with Crippen LogP contribution in [0.4, 0.5) is 0 Å². The van der Waals surface area contributed by atoms with Crippen LogP contribution in [0, 0.1) is 0 Å². The predicted molar refractivity (Wildman–Crippen MR) is 83.3 cm³/mol. The van der Waals surface area contributed by atoms with Gasteiger partial charge in [0.15, 0.2) is 0 Å². The van der Waals surface area contributed by atoms with Crippen LogP contribution in [-0.2, 0) is 9.47 Å². The normalized spacial score (nSPS) is 19.0. The Labute approximate surface area is 135 Å².